The van der Waals surface area contributed by atoms with Gasteiger partial charge in [-0.1, -0.05) is 151 Å². The van der Waals surface area contributed by atoms with Crippen molar-refractivity contribution in [3.63, 3.8) is 0 Å². The fourth-order valence-corrected chi connectivity index (χ4v) is 6.19. The van der Waals surface area contributed by atoms with Gasteiger partial charge in [-0.2, -0.15) is 0 Å². The molecule has 0 saturated heterocycles. The number of hydrogen-bond donors (Lipinski definition) is 2. The Labute approximate surface area is 335 Å². The number of rotatable bonds is 39. The molecule has 0 rings (SSSR count). The van der Waals surface area contributed by atoms with E-state index in [4.69, 9.17) is 24.3 Å². The fourth-order valence-electron chi connectivity index (χ4n) is 5.43. The number of phosphoric acid groups is 1. The largest absolute Gasteiger partial charge is 0.472 e. The highest BCUT2D eigenvalue weighted by Crippen LogP contribution is 2.43. The van der Waals surface area contributed by atoms with Crippen LogP contribution in [0.4, 0.5) is 0 Å². The lowest BCUT2D eigenvalue weighted by Gasteiger charge is -2.19. The summed E-state index contributed by atoms with van der Waals surface area (Å²) in [6.45, 7) is 3.53. The summed E-state index contributed by atoms with van der Waals surface area (Å²) in [7, 11) is -4.40. The lowest BCUT2D eigenvalue weighted by Crippen LogP contribution is -2.29. The summed E-state index contributed by atoms with van der Waals surface area (Å²) in [6, 6.07) is 0. The first-order chi connectivity index (χ1) is 26.8. The minimum atomic E-state index is -4.40. The summed E-state index contributed by atoms with van der Waals surface area (Å²) in [4.78, 5) is 34.8. The predicted octanol–water partition coefficient (Wildman–Crippen LogP) is 12.3. The third-order valence-electron chi connectivity index (χ3n) is 8.58. The molecule has 10 heteroatoms. The molecule has 1 unspecified atom stereocenters. The van der Waals surface area contributed by atoms with Gasteiger partial charge in [-0.05, 0) is 77.0 Å². The van der Waals surface area contributed by atoms with Gasteiger partial charge in [-0.3, -0.25) is 18.6 Å². The SMILES string of the molecule is CC/C=C/C/C=C/C/C=C/C/C=C/C/C=C/CCCC(=O)O[C@H](COC(=O)CCCCCCCCCCC/C=C/CCCCCC)COP(=O)(O)OCCN. The van der Waals surface area contributed by atoms with Gasteiger partial charge in [0.25, 0.3) is 0 Å². The summed E-state index contributed by atoms with van der Waals surface area (Å²) in [5.74, 6) is -0.904. The molecule has 0 radical (unpaired) electrons. The van der Waals surface area contributed by atoms with Crippen molar-refractivity contribution in [2.24, 2.45) is 5.73 Å². The highest BCUT2D eigenvalue weighted by atomic mass is 31.2. The van der Waals surface area contributed by atoms with E-state index in [1.807, 2.05) is 6.08 Å². The van der Waals surface area contributed by atoms with Crippen LogP contribution in [0.1, 0.15) is 168 Å². The average Bonchev–Trinajstić information content (AvgIpc) is 3.17. The number of ether oxygens (including phenoxy) is 2. The van der Waals surface area contributed by atoms with Gasteiger partial charge >= 0.3 is 19.8 Å². The summed E-state index contributed by atoms with van der Waals surface area (Å²) < 4.78 is 32.7. The molecule has 2 atom stereocenters. The Morgan fingerprint density at radius 2 is 1.02 bits per heavy atom. The first-order valence-electron chi connectivity index (χ1n) is 21.4. The minimum Gasteiger partial charge on any atom is -0.462 e. The second-order valence-corrected chi connectivity index (χ2v) is 15.3. The molecule has 3 N–H and O–H groups in total. The topological polar surface area (TPSA) is 134 Å². The second kappa shape index (κ2) is 41.1. The summed E-state index contributed by atoms with van der Waals surface area (Å²) in [5.41, 5.74) is 5.34. The summed E-state index contributed by atoms with van der Waals surface area (Å²) in [5, 5.41) is 0. The number of unbranched alkanes of at least 4 members (excludes halogenated alkanes) is 14. The van der Waals surface area contributed by atoms with Gasteiger partial charge in [0.15, 0.2) is 6.10 Å². The van der Waals surface area contributed by atoms with E-state index in [1.165, 1.54) is 70.6 Å². The monoisotopic (exact) mass is 792 g/mol. The quantitative estimate of drug-likeness (QED) is 0.0270. The fraction of sp³-hybridized carbons (Fsp3) is 0.689. The van der Waals surface area contributed by atoms with Gasteiger partial charge in [0.2, 0.25) is 0 Å². The van der Waals surface area contributed by atoms with Crippen LogP contribution in [0.2, 0.25) is 0 Å². The molecule has 0 aromatic rings. The van der Waals surface area contributed by atoms with Crippen LogP contribution in [-0.2, 0) is 32.7 Å². The Bertz CT molecular complexity index is 1130. The smallest absolute Gasteiger partial charge is 0.462 e. The predicted molar refractivity (Wildman–Crippen MR) is 229 cm³/mol. The van der Waals surface area contributed by atoms with Gasteiger partial charge in [0.1, 0.15) is 6.61 Å². The van der Waals surface area contributed by atoms with Crippen molar-refractivity contribution < 1.29 is 37.6 Å². The van der Waals surface area contributed by atoms with Crippen molar-refractivity contribution in [3.05, 3.63) is 72.9 Å². The van der Waals surface area contributed by atoms with Crippen molar-refractivity contribution in [2.45, 2.75) is 174 Å². The molecule has 9 nitrogen and oxygen atoms in total. The number of carbonyl (C=O) groups excluding carboxylic acids is 2. The van der Waals surface area contributed by atoms with Crippen LogP contribution in [0.3, 0.4) is 0 Å². The van der Waals surface area contributed by atoms with E-state index in [2.05, 4.69) is 80.7 Å². The molecule has 0 aliphatic carbocycles. The number of allylic oxidation sites excluding steroid dienone is 12. The zero-order valence-corrected chi connectivity index (χ0v) is 35.5. The summed E-state index contributed by atoms with van der Waals surface area (Å²) in [6.07, 6.45) is 49.4. The van der Waals surface area contributed by atoms with E-state index >= 15 is 0 Å². The third kappa shape index (κ3) is 40.9. The van der Waals surface area contributed by atoms with Crippen LogP contribution in [0.15, 0.2) is 72.9 Å². The maximum Gasteiger partial charge on any atom is 0.472 e. The van der Waals surface area contributed by atoms with Crippen molar-refractivity contribution in [3.8, 4) is 0 Å². The van der Waals surface area contributed by atoms with Crippen LogP contribution >= 0.6 is 7.82 Å². The summed E-state index contributed by atoms with van der Waals surface area (Å²) >= 11 is 0. The Hall–Kier alpha value is -2.55. The first-order valence-corrected chi connectivity index (χ1v) is 22.9. The van der Waals surface area contributed by atoms with E-state index in [0.29, 0.717) is 12.8 Å². The molecular formula is C45H78NO8P. The first kappa shape index (κ1) is 52.5. The number of carbonyl (C=O) groups is 2. The van der Waals surface area contributed by atoms with E-state index in [0.717, 1.165) is 57.8 Å². The lowest BCUT2D eigenvalue weighted by atomic mass is 10.1. The van der Waals surface area contributed by atoms with Crippen LogP contribution in [0, 0.1) is 0 Å². The molecule has 0 aromatic carbocycles. The van der Waals surface area contributed by atoms with Crippen molar-refractivity contribution >= 4 is 19.8 Å². The maximum atomic E-state index is 12.6. The Morgan fingerprint density at radius 3 is 1.56 bits per heavy atom. The minimum absolute atomic E-state index is 0.0409. The molecule has 0 fully saturated rings. The standard InChI is InChI=1S/C45H78NO8P/c1-3-5-7-9-11-13-15-17-19-21-23-25-27-29-31-33-35-37-44(47)51-41-43(42-53-55(49,50)52-40-39-46)54-45(48)38-36-34-32-30-28-26-24-22-20-18-16-14-12-10-8-6-4-2/h6,8,12-15,18,20,24,26,30,32,43H,3-5,7,9-11,16-17,19,21-23,25,27-29,31,33-42,46H2,1-2H3,(H,49,50)/b8-6+,14-12+,15-13+,20-18+,26-24+,32-30+/t43-/m1/s1. The highest BCUT2D eigenvalue weighted by molar-refractivity contribution is 7.47. The third-order valence-corrected chi connectivity index (χ3v) is 9.56. The molecule has 0 saturated carbocycles. The van der Waals surface area contributed by atoms with Crippen molar-refractivity contribution in [2.75, 3.05) is 26.4 Å². The molecule has 316 valence electrons. The van der Waals surface area contributed by atoms with Crippen LogP contribution < -0.4 is 5.73 Å². The van der Waals surface area contributed by atoms with Gasteiger partial charge in [0, 0.05) is 19.4 Å². The Morgan fingerprint density at radius 1 is 0.564 bits per heavy atom. The number of nitrogens with two attached hydrogens (primary N) is 1. The second-order valence-electron chi connectivity index (χ2n) is 13.8. The zero-order valence-electron chi connectivity index (χ0n) is 34.6. The molecular weight excluding hydrogens is 713 g/mol. The van der Waals surface area contributed by atoms with Crippen molar-refractivity contribution in [1.29, 1.82) is 0 Å². The number of phosphoric ester groups is 1. The Balaban J connectivity index is 4.26. The zero-order chi connectivity index (χ0) is 40.3. The number of hydrogen-bond acceptors (Lipinski definition) is 8. The van der Waals surface area contributed by atoms with Crippen LogP contribution in [-0.4, -0.2) is 49.3 Å². The molecule has 0 aliphatic rings. The van der Waals surface area contributed by atoms with Crippen molar-refractivity contribution in [1.82, 2.24) is 0 Å². The van der Waals surface area contributed by atoms with Gasteiger partial charge in [-0.25, -0.2) is 4.57 Å². The van der Waals surface area contributed by atoms with E-state index in [1.54, 1.807) is 0 Å². The molecule has 0 spiro atoms. The van der Waals surface area contributed by atoms with Gasteiger partial charge in [-0.15, -0.1) is 0 Å². The molecule has 0 heterocycles. The molecule has 0 bridgehead atoms. The molecule has 0 aliphatic heterocycles. The lowest BCUT2D eigenvalue weighted by molar-refractivity contribution is -0.161. The van der Waals surface area contributed by atoms with Gasteiger partial charge in [0.05, 0.1) is 13.2 Å². The van der Waals surface area contributed by atoms with Crippen LogP contribution in [0.25, 0.3) is 0 Å². The Kier molecular flexibility index (Phi) is 39.2. The van der Waals surface area contributed by atoms with E-state index in [-0.39, 0.29) is 32.6 Å². The number of esters is 2. The molecule has 0 amide bonds. The van der Waals surface area contributed by atoms with Gasteiger partial charge < -0.3 is 20.1 Å². The maximum absolute atomic E-state index is 12.6. The van der Waals surface area contributed by atoms with Crippen LogP contribution in [0.5, 0.6) is 0 Å². The molecule has 0 aromatic heterocycles. The average molecular weight is 792 g/mol. The highest BCUT2D eigenvalue weighted by Gasteiger charge is 2.25. The normalized spacial score (nSPS) is 14.0. The molecule has 55 heavy (non-hydrogen) atoms. The van der Waals surface area contributed by atoms with E-state index < -0.39 is 32.5 Å². The van der Waals surface area contributed by atoms with E-state index in [9.17, 15) is 19.0 Å².